The van der Waals surface area contributed by atoms with Crippen LogP contribution < -0.4 is 14.8 Å². The second-order valence-electron chi connectivity index (χ2n) is 7.44. The Morgan fingerprint density at radius 2 is 1.93 bits per heavy atom. The molecule has 1 atom stereocenters. The number of hydrazone groups is 1. The summed E-state index contributed by atoms with van der Waals surface area (Å²) in [6.07, 6.45) is 2.56. The molecule has 0 saturated heterocycles. The summed E-state index contributed by atoms with van der Waals surface area (Å²) < 4.78 is 10.9. The highest BCUT2D eigenvalue weighted by Gasteiger charge is 2.24. The van der Waals surface area contributed by atoms with E-state index in [1.165, 1.54) is 0 Å². The maximum absolute atomic E-state index is 11.7. The summed E-state index contributed by atoms with van der Waals surface area (Å²) in [6, 6.07) is 14.0. The van der Waals surface area contributed by atoms with Crippen molar-refractivity contribution in [3.63, 3.8) is 0 Å². The van der Waals surface area contributed by atoms with E-state index in [4.69, 9.17) is 14.6 Å². The average Bonchev–Trinajstić information content (AvgIpc) is 2.78. The number of methoxy groups -OCH3 is 2. The maximum Gasteiger partial charge on any atom is 0.224 e. The van der Waals surface area contributed by atoms with Crippen molar-refractivity contribution in [2.24, 2.45) is 11.0 Å². The van der Waals surface area contributed by atoms with Crippen molar-refractivity contribution in [3.05, 3.63) is 53.6 Å². The Morgan fingerprint density at radius 1 is 1.13 bits per heavy atom. The van der Waals surface area contributed by atoms with Crippen LogP contribution in [0.1, 0.15) is 44.2 Å². The van der Waals surface area contributed by atoms with Crippen molar-refractivity contribution in [3.8, 4) is 11.5 Å². The average molecular weight is 410 g/mol. The van der Waals surface area contributed by atoms with Crippen LogP contribution in [0, 0.1) is 5.92 Å². The van der Waals surface area contributed by atoms with Crippen molar-refractivity contribution in [2.75, 3.05) is 26.1 Å². The molecule has 1 amide bonds. The fourth-order valence-electron chi connectivity index (χ4n) is 3.73. The van der Waals surface area contributed by atoms with E-state index in [-0.39, 0.29) is 5.91 Å². The molecule has 0 fully saturated rings. The Morgan fingerprint density at radius 3 is 2.63 bits per heavy atom. The van der Waals surface area contributed by atoms with Crippen LogP contribution in [-0.2, 0) is 11.3 Å². The topological polar surface area (TPSA) is 63.2 Å². The number of rotatable bonds is 8. The first kappa shape index (κ1) is 21.7. The number of carbonyl (C=O) groups is 1. The second kappa shape index (κ2) is 10.1. The molecule has 0 saturated carbocycles. The molecule has 1 aliphatic rings. The van der Waals surface area contributed by atoms with Gasteiger partial charge in [-0.1, -0.05) is 26.0 Å². The van der Waals surface area contributed by atoms with Gasteiger partial charge in [0, 0.05) is 30.1 Å². The molecule has 1 heterocycles. The predicted octanol–water partition coefficient (Wildman–Crippen LogP) is 4.69. The second-order valence-corrected chi connectivity index (χ2v) is 7.44. The maximum atomic E-state index is 11.7. The minimum absolute atomic E-state index is 0.0182. The number of anilines is 1. The van der Waals surface area contributed by atoms with Crippen LogP contribution in [0.4, 0.5) is 5.69 Å². The van der Waals surface area contributed by atoms with Crippen molar-refractivity contribution in [1.82, 2.24) is 5.01 Å². The number of nitrogens with one attached hydrogen (secondary N) is 1. The van der Waals surface area contributed by atoms with Gasteiger partial charge in [-0.2, -0.15) is 5.10 Å². The zero-order valence-electron chi connectivity index (χ0n) is 18.3. The highest BCUT2D eigenvalue weighted by Crippen LogP contribution is 2.31. The third-order valence-electron chi connectivity index (χ3n) is 5.44. The minimum Gasteiger partial charge on any atom is -0.493 e. The highest BCUT2D eigenvalue weighted by atomic mass is 16.5. The normalized spacial score (nSPS) is 16.1. The zero-order valence-corrected chi connectivity index (χ0v) is 18.3. The molecule has 0 spiro atoms. The predicted molar refractivity (Wildman–Crippen MR) is 120 cm³/mol. The molecule has 3 rings (SSSR count). The van der Waals surface area contributed by atoms with Gasteiger partial charge in [0.05, 0.1) is 26.5 Å². The highest BCUT2D eigenvalue weighted by molar-refractivity contribution is 6.03. The van der Waals surface area contributed by atoms with E-state index in [9.17, 15) is 4.79 Å². The lowest BCUT2D eigenvalue weighted by molar-refractivity contribution is -0.115. The van der Waals surface area contributed by atoms with Gasteiger partial charge in [0.25, 0.3) is 0 Å². The summed E-state index contributed by atoms with van der Waals surface area (Å²) in [5.41, 5.74) is 4.09. The smallest absolute Gasteiger partial charge is 0.224 e. The lowest BCUT2D eigenvalue weighted by Gasteiger charge is -2.31. The molecule has 6 nitrogen and oxygen atoms in total. The van der Waals surface area contributed by atoms with Gasteiger partial charge in [0.15, 0.2) is 11.5 Å². The molecule has 30 heavy (non-hydrogen) atoms. The lowest BCUT2D eigenvalue weighted by atomic mass is 9.90. The first-order chi connectivity index (χ1) is 14.6. The van der Waals surface area contributed by atoms with E-state index in [0.717, 1.165) is 41.9 Å². The number of hydrogen-bond donors (Lipinski definition) is 1. The van der Waals surface area contributed by atoms with Gasteiger partial charge in [0.1, 0.15) is 0 Å². The van der Waals surface area contributed by atoms with Crippen molar-refractivity contribution in [2.45, 2.75) is 39.7 Å². The van der Waals surface area contributed by atoms with E-state index in [1.54, 1.807) is 14.2 Å². The van der Waals surface area contributed by atoms with Gasteiger partial charge in [0.2, 0.25) is 5.91 Å². The SMILES string of the molecule is CCC(=O)Nc1cccc(CN2CCC(CC)C(c3ccc(OC)c(OC)c3)=N2)c1. The summed E-state index contributed by atoms with van der Waals surface area (Å²) in [4.78, 5) is 11.7. The third-order valence-corrected chi connectivity index (χ3v) is 5.44. The van der Waals surface area contributed by atoms with Gasteiger partial charge in [-0.3, -0.25) is 9.80 Å². The van der Waals surface area contributed by atoms with Crippen molar-refractivity contribution >= 4 is 17.3 Å². The molecule has 1 unspecified atom stereocenters. The Kier molecular flexibility index (Phi) is 7.33. The fraction of sp³-hybridized carbons (Fsp3) is 0.417. The number of amides is 1. The van der Waals surface area contributed by atoms with Crippen LogP contribution in [-0.4, -0.2) is 37.4 Å². The molecule has 0 bridgehead atoms. The Hall–Kier alpha value is -3.02. The number of carbonyl (C=O) groups excluding carboxylic acids is 1. The van der Waals surface area contributed by atoms with Gasteiger partial charge in [-0.05, 0) is 48.7 Å². The van der Waals surface area contributed by atoms with Crippen LogP contribution in [0.3, 0.4) is 0 Å². The van der Waals surface area contributed by atoms with Crippen molar-refractivity contribution < 1.29 is 14.3 Å². The van der Waals surface area contributed by atoms with E-state index in [0.29, 0.717) is 30.4 Å². The van der Waals surface area contributed by atoms with Crippen molar-refractivity contribution in [1.29, 1.82) is 0 Å². The van der Waals surface area contributed by atoms with Gasteiger partial charge < -0.3 is 14.8 Å². The Labute approximate surface area is 178 Å². The number of ether oxygens (including phenoxy) is 2. The fourth-order valence-corrected chi connectivity index (χ4v) is 3.73. The van der Waals surface area contributed by atoms with Crippen LogP contribution in [0.25, 0.3) is 0 Å². The largest absolute Gasteiger partial charge is 0.493 e. The monoisotopic (exact) mass is 409 g/mol. The minimum atomic E-state index is 0.0182. The summed E-state index contributed by atoms with van der Waals surface area (Å²) in [6.45, 7) is 5.65. The van der Waals surface area contributed by atoms with Crippen LogP contribution >= 0.6 is 0 Å². The quantitative estimate of drug-likeness (QED) is 0.687. The molecule has 1 aliphatic heterocycles. The molecular formula is C24H31N3O3. The van der Waals surface area contributed by atoms with Crippen LogP contribution in [0.2, 0.25) is 0 Å². The van der Waals surface area contributed by atoms with Gasteiger partial charge >= 0.3 is 0 Å². The summed E-state index contributed by atoms with van der Waals surface area (Å²) in [5.74, 6) is 1.86. The molecule has 0 aromatic heterocycles. The van der Waals surface area contributed by atoms with Crippen LogP contribution in [0.5, 0.6) is 11.5 Å². The lowest BCUT2D eigenvalue weighted by Crippen LogP contribution is -2.32. The first-order valence-corrected chi connectivity index (χ1v) is 10.5. The molecular weight excluding hydrogens is 378 g/mol. The molecule has 1 N–H and O–H groups in total. The van der Waals surface area contributed by atoms with Gasteiger partial charge in [-0.15, -0.1) is 0 Å². The summed E-state index contributed by atoms with van der Waals surface area (Å²) in [5, 5.41) is 10.0. The van der Waals surface area contributed by atoms with Crippen LogP contribution in [0.15, 0.2) is 47.6 Å². The molecule has 2 aromatic rings. The first-order valence-electron chi connectivity index (χ1n) is 10.5. The molecule has 0 aliphatic carbocycles. The van der Waals surface area contributed by atoms with Gasteiger partial charge in [-0.25, -0.2) is 0 Å². The van der Waals surface area contributed by atoms with E-state index in [1.807, 2.05) is 43.3 Å². The molecule has 0 radical (unpaired) electrons. The molecule has 2 aromatic carbocycles. The number of nitrogens with zero attached hydrogens (tertiary/aromatic N) is 2. The Bertz CT molecular complexity index is 910. The van der Waals surface area contributed by atoms with E-state index in [2.05, 4.69) is 23.3 Å². The number of hydrogen-bond acceptors (Lipinski definition) is 5. The number of benzene rings is 2. The summed E-state index contributed by atoms with van der Waals surface area (Å²) >= 11 is 0. The molecule has 6 heteroatoms. The van der Waals surface area contributed by atoms with E-state index >= 15 is 0 Å². The molecule has 160 valence electrons. The van der Waals surface area contributed by atoms with E-state index < -0.39 is 0 Å². The summed E-state index contributed by atoms with van der Waals surface area (Å²) in [7, 11) is 3.29. The standard InChI is InChI=1S/C24H31N3O3/c1-5-18-12-13-27(16-17-8-7-9-20(14-17)25-23(28)6-2)26-24(18)19-10-11-21(29-3)22(15-19)30-4/h7-11,14-15,18H,5-6,12-13,16H2,1-4H3,(H,25,28). The third kappa shape index (κ3) is 5.12. The zero-order chi connectivity index (χ0) is 21.5. The Balaban J connectivity index is 1.84.